The molecule has 0 amide bonds. The summed E-state index contributed by atoms with van der Waals surface area (Å²) in [4.78, 5) is 11.2. The van der Waals surface area contributed by atoms with E-state index in [4.69, 9.17) is 4.74 Å². The molecule has 0 spiro atoms. The van der Waals surface area contributed by atoms with E-state index in [2.05, 4.69) is 4.74 Å². The molecular formula is C12H12F3IO3. The van der Waals surface area contributed by atoms with E-state index >= 15 is 0 Å². The highest BCUT2D eigenvalue weighted by Crippen LogP contribution is 2.26. The second-order valence-corrected chi connectivity index (χ2v) is 4.89. The Balaban J connectivity index is 2.71. The van der Waals surface area contributed by atoms with Gasteiger partial charge in [0.25, 0.3) is 0 Å². The molecule has 0 radical (unpaired) electrons. The Bertz CT molecular complexity index is 446. The van der Waals surface area contributed by atoms with Crippen molar-refractivity contribution >= 4 is 28.6 Å². The van der Waals surface area contributed by atoms with Gasteiger partial charge in [0.05, 0.1) is 6.61 Å². The van der Waals surface area contributed by atoms with Crippen LogP contribution in [0.3, 0.4) is 0 Å². The van der Waals surface area contributed by atoms with Crippen molar-refractivity contribution in [1.29, 1.82) is 0 Å². The Hall–Kier alpha value is -0.990. The maximum absolute atomic E-state index is 12.1. The van der Waals surface area contributed by atoms with Gasteiger partial charge in [-0.2, -0.15) is 0 Å². The fourth-order valence-corrected chi connectivity index (χ4v) is 2.14. The lowest BCUT2D eigenvalue weighted by atomic mass is 10.1. The molecule has 0 bridgehead atoms. The Morgan fingerprint density at radius 1 is 1.32 bits per heavy atom. The molecule has 19 heavy (non-hydrogen) atoms. The first-order chi connectivity index (χ1) is 8.80. The number of ether oxygens (including phenoxy) is 2. The highest BCUT2D eigenvalue weighted by atomic mass is 127. The smallest absolute Gasteiger partial charge is 0.466 e. The molecular weight excluding hydrogens is 376 g/mol. The monoisotopic (exact) mass is 388 g/mol. The number of alkyl halides is 3. The minimum Gasteiger partial charge on any atom is -0.466 e. The van der Waals surface area contributed by atoms with Crippen LogP contribution in [0.15, 0.2) is 18.2 Å². The van der Waals surface area contributed by atoms with Crippen molar-refractivity contribution in [3.8, 4) is 5.75 Å². The molecule has 0 heterocycles. The number of carbonyl (C=O) groups is 1. The van der Waals surface area contributed by atoms with Gasteiger partial charge in [0, 0.05) is 9.99 Å². The summed E-state index contributed by atoms with van der Waals surface area (Å²) < 4.78 is 45.6. The lowest BCUT2D eigenvalue weighted by Gasteiger charge is -2.11. The van der Waals surface area contributed by atoms with E-state index in [-0.39, 0.29) is 24.7 Å². The summed E-state index contributed by atoms with van der Waals surface area (Å²) >= 11 is 1.89. The van der Waals surface area contributed by atoms with Crippen LogP contribution in [-0.4, -0.2) is 18.9 Å². The van der Waals surface area contributed by atoms with Crippen molar-refractivity contribution in [2.45, 2.75) is 26.1 Å². The Kier molecular flexibility index (Phi) is 5.89. The maximum atomic E-state index is 12.1. The van der Waals surface area contributed by atoms with Gasteiger partial charge in [-0.25, -0.2) is 0 Å². The fraction of sp³-hybridized carbons (Fsp3) is 0.417. The molecule has 0 aliphatic heterocycles. The van der Waals surface area contributed by atoms with Crippen molar-refractivity contribution in [1.82, 2.24) is 0 Å². The lowest BCUT2D eigenvalue weighted by molar-refractivity contribution is -0.274. The zero-order valence-corrected chi connectivity index (χ0v) is 12.2. The van der Waals surface area contributed by atoms with Crippen molar-refractivity contribution < 1.29 is 27.4 Å². The SMILES string of the molecule is CCOC(=O)CCc1cc(I)cc(OC(F)(F)F)c1. The average Bonchev–Trinajstić information content (AvgIpc) is 2.23. The number of rotatable bonds is 5. The van der Waals surface area contributed by atoms with Crippen molar-refractivity contribution in [3.05, 3.63) is 27.3 Å². The number of aryl methyl sites for hydroxylation is 1. The zero-order valence-electron chi connectivity index (χ0n) is 10.1. The standard InChI is InChI=1S/C12H12F3IO3/c1-2-18-11(17)4-3-8-5-9(16)7-10(6-8)19-12(13,14)15/h5-7H,2-4H2,1H3. The van der Waals surface area contributed by atoms with Gasteiger partial charge in [-0.1, -0.05) is 0 Å². The first-order valence-corrected chi connectivity index (χ1v) is 6.59. The van der Waals surface area contributed by atoms with Gasteiger partial charge in [0.15, 0.2) is 0 Å². The molecule has 0 aliphatic rings. The van der Waals surface area contributed by atoms with E-state index < -0.39 is 6.36 Å². The quantitative estimate of drug-likeness (QED) is 0.570. The molecule has 0 saturated carbocycles. The molecule has 7 heteroatoms. The van der Waals surface area contributed by atoms with Gasteiger partial charge in [-0.3, -0.25) is 4.79 Å². The summed E-state index contributed by atoms with van der Waals surface area (Å²) in [5, 5.41) is 0. The summed E-state index contributed by atoms with van der Waals surface area (Å²) in [6.45, 7) is 1.98. The van der Waals surface area contributed by atoms with Crippen LogP contribution in [0.25, 0.3) is 0 Å². The van der Waals surface area contributed by atoms with E-state index in [0.717, 1.165) is 0 Å². The fourth-order valence-electron chi connectivity index (χ4n) is 1.44. The van der Waals surface area contributed by atoms with Crippen LogP contribution >= 0.6 is 22.6 Å². The van der Waals surface area contributed by atoms with Gasteiger partial charge in [-0.15, -0.1) is 13.2 Å². The molecule has 1 rings (SSSR count). The van der Waals surface area contributed by atoms with Gasteiger partial charge < -0.3 is 9.47 Å². The van der Waals surface area contributed by atoms with Crippen LogP contribution < -0.4 is 4.74 Å². The number of carbonyl (C=O) groups excluding carboxylic acids is 1. The van der Waals surface area contributed by atoms with E-state index in [9.17, 15) is 18.0 Å². The molecule has 0 atom stereocenters. The van der Waals surface area contributed by atoms with Crippen molar-refractivity contribution in [2.24, 2.45) is 0 Å². The molecule has 0 saturated heterocycles. The zero-order chi connectivity index (χ0) is 14.5. The first-order valence-electron chi connectivity index (χ1n) is 5.51. The molecule has 0 unspecified atom stereocenters. The molecule has 3 nitrogen and oxygen atoms in total. The second kappa shape index (κ2) is 6.97. The largest absolute Gasteiger partial charge is 0.573 e. The van der Waals surface area contributed by atoms with Crippen LogP contribution in [0, 0.1) is 3.57 Å². The maximum Gasteiger partial charge on any atom is 0.573 e. The molecule has 1 aromatic rings. The van der Waals surface area contributed by atoms with Crippen molar-refractivity contribution in [2.75, 3.05) is 6.61 Å². The van der Waals surface area contributed by atoms with Crippen LogP contribution in [0.2, 0.25) is 0 Å². The van der Waals surface area contributed by atoms with Crippen LogP contribution in [-0.2, 0) is 16.0 Å². The van der Waals surface area contributed by atoms with Gasteiger partial charge >= 0.3 is 12.3 Å². The van der Waals surface area contributed by atoms with E-state index in [1.807, 2.05) is 22.6 Å². The normalized spacial score (nSPS) is 11.2. The van der Waals surface area contributed by atoms with Crippen LogP contribution in [0.4, 0.5) is 13.2 Å². The average molecular weight is 388 g/mol. The molecule has 0 aromatic heterocycles. The molecule has 106 valence electrons. The second-order valence-electron chi connectivity index (χ2n) is 3.65. The summed E-state index contributed by atoms with van der Waals surface area (Å²) in [6, 6.07) is 4.25. The number of halogens is 4. The number of hydrogen-bond donors (Lipinski definition) is 0. The molecule has 1 aromatic carbocycles. The predicted octanol–water partition coefficient (Wildman–Crippen LogP) is 3.69. The Labute approximate surface area is 122 Å². The minimum atomic E-state index is -4.72. The third-order valence-electron chi connectivity index (χ3n) is 2.09. The predicted molar refractivity (Wildman–Crippen MR) is 70.8 cm³/mol. The van der Waals surface area contributed by atoms with Crippen LogP contribution in [0.1, 0.15) is 18.9 Å². The Morgan fingerprint density at radius 3 is 2.58 bits per heavy atom. The third-order valence-corrected chi connectivity index (χ3v) is 2.71. The van der Waals surface area contributed by atoms with Gasteiger partial charge in [-0.05, 0) is 59.7 Å². The van der Waals surface area contributed by atoms with E-state index in [1.165, 1.54) is 12.1 Å². The molecule has 0 N–H and O–H groups in total. The lowest BCUT2D eigenvalue weighted by Crippen LogP contribution is -2.17. The van der Waals surface area contributed by atoms with Crippen LogP contribution in [0.5, 0.6) is 5.75 Å². The number of esters is 1. The van der Waals surface area contributed by atoms with E-state index in [0.29, 0.717) is 15.6 Å². The molecule has 0 fully saturated rings. The number of benzene rings is 1. The van der Waals surface area contributed by atoms with Gasteiger partial charge in [0.1, 0.15) is 5.75 Å². The summed E-state index contributed by atoms with van der Waals surface area (Å²) in [7, 11) is 0. The topological polar surface area (TPSA) is 35.5 Å². The number of hydrogen-bond acceptors (Lipinski definition) is 3. The Morgan fingerprint density at radius 2 is 2.00 bits per heavy atom. The first kappa shape index (κ1) is 16.1. The third kappa shape index (κ3) is 6.65. The highest BCUT2D eigenvalue weighted by Gasteiger charge is 2.31. The minimum absolute atomic E-state index is 0.124. The summed E-state index contributed by atoms with van der Waals surface area (Å²) in [6.07, 6.45) is -4.29. The molecule has 0 aliphatic carbocycles. The van der Waals surface area contributed by atoms with E-state index in [1.54, 1.807) is 13.0 Å². The summed E-state index contributed by atoms with van der Waals surface area (Å²) in [5.74, 6) is -0.655. The van der Waals surface area contributed by atoms with Crippen molar-refractivity contribution in [3.63, 3.8) is 0 Å². The highest BCUT2D eigenvalue weighted by molar-refractivity contribution is 14.1. The summed E-state index contributed by atoms with van der Waals surface area (Å²) in [5.41, 5.74) is 0.596. The van der Waals surface area contributed by atoms with Gasteiger partial charge in [0.2, 0.25) is 0 Å².